The first-order valence-corrected chi connectivity index (χ1v) is 15.0. The number of rotatable bonds is 7. The molecular weight excluding hydrogens is 496 g/mol. The predicted molar refractivity (Wildman–Crippen MR) is 143 cm³/mol. The third-order valence-electron chi connectivity index (χ3n) is 6.84. The number of anilines is 1. The van der Waals surface area contributed by atoms with Gasteiger partial charge in [-0.2, -0.15) is 4.31 Å². The molecule has 1 fully saturated rings. The molecule has 1 aromatic heterocycles. The van der Waals surface area contributed by atoms with Crippen LogP contribution < -0.4 is 5.32 Å². The summed E-state index contributed by atoms with van der Waals surface area (Å²) in [6.07, 6.45) is 5.68. The van der Waals surface area contributed by atoms with Crippen molar-refractivity contribution in [3.05, 3.63) is 45.8 Å². The number of carbonyl (C=O) groups is 2. The fourth-order valence-corrected chi connectivity index (χ4v) is 7.68. The lowest BCUT2D eigenvalue weighted by Crippen LogP contribution is -2.32. The van der Waals surface area contributed by atoms with Crippen LogP contribution in [0, 0.1) is 0 Å². The Morgan fingerprint density at radius 2 is 1.69 bits per heavy atom. The monoisotopic (exact) mass is 532 g/mol. The van der Waals surface area contributed by atoms with E-state index in [1.54, 1.807) is 35.4 Å². The van der Waals surface area contributed by atoms with Crippen LogP contribution >= 0.6 is 11.3 Å². The smallest absolute Gasteiger partial charge is 0.256 e. The van der Waals surface area contributed by atoms with Gasteiger partial charge in [-0.1, -0.05) is 19.8 Å². The van der Waals surface area contributed by atoms with Crippen molar-refractivity contribution >= 4 is 38.2 Å². The SMILES string of the molecule is CCCN1CCc2c(sc(NC(=O)c3ccc(S(=O)(=O)N4CCCCCC4)cc3)c2C(=O)N(C)C)C1. The molecule has 2 aromatic rings. The van der Waals surface area contributed by atoms with Gasteiger partial charge >= 0.3 is 0 Å². The molecule has 0 bridgehead atoms. The minimum atomic E-state index is -3.58. The lowest BCUT2D eigenvalue weighted by atomic mass is 10.0. The quantitative estimate of drug-likeness (QED) is 0.582. The molecule has 1 aromatic carbocycles. The molecule has 2 aliphatic heterocycles. The average Bonchev–Trinajstić information content (AvgIpc) is 3.01. The van der Waals surface area contributed by atoms with Crippen molar-refractivity contribution in [3.8, 4) is 0 Å². The zero-order valence-corrected chi connectivity index (χ0v) is 23.0. The van der Waals surface area contributed by atoms with Crippen LogP contribution in [0.4, 0.5) is 5.00 Å². The maximum absolute atomic E-state index is 13.1. The highest BCUT2D eigenvalue weighted by atomic mass is 32.2. The summed E-state index contributed by atoms with van der Waals surface area (Å²) in [6, 6.07) is 6.10. The summed E-state index contributed by atoms with van der Waals surface area (Å²) in [6.45, 7) is 5.90. The number of nitrogens with zero attached hydrogens (tertiary/aromatic N) is 3. The van der Waals surface area contributed by atoms with Gasteiger partial charge in [0.1, 0.15) is 5.00 Å². The van der Waals surface area contributed by atoms with Gasteiger partial charge in [0.05, 0.1) is 10.5 Å². The second-order valence-electron chi connectivity index (χ2n) is 9.73. The van der Waals surface area contributed by atoms with Gasteiger partial charge in [-0.25, -0.2) is 8.42 Å². The Morgan fingerprint density at radius 1 is 1.03 bits per heavy atom. The lowest BCUT2D eigenvalue weighted by molar-refractivity contribution is 0.0827. The van der Waals surface area contributed by atoms with Gasteiger partial charge in [0.2, 0.25) is 10.0 Å². The molecule has 2 amide bonds. The fraction of sp³-hybridized carbons (Fsp3) is 0.538. The third-order valence-corrected chi connectivity index (χ3v) is 9.89. The zero-order valence-electron chi connectivity index (χ0n) is 21.4. The van der Waals surface area contributed by atoms with Gasteiger partial charge in [0.15, 0.2) is 0 Å². The van der Waals surface area contributed by atoms with Gasteiger partial charge < -0.3 is 10.2 Å². The van der Waals surface area contributed by atoms with Crippen LogP contribution in [0.2, 0.25) is 0 Å². The van der Waals surface area contributed by atoms with Gasteiger partial charge in [-0.15, -0.1) is 11.3 Å². The molecule has 36 heavy (non-hydrogen) atoms. The van der Waals surface area contributed by atoms with E-state index in [0.29, 0.717) is 29.2 Å². The maximum Gasteiger partial charge on any atom is 0.256 e. The van der Waals surface area contributed by atoms with E-state index in [1.165, 1.54) is 23.5 Å². The first kappa shape index (κ1) is 26.8. The number of sulfonamides is 1. The number of benzene rings is 1. The highest BCUT2D eigenvalue weighted by molar-refractivity contribution is 7.89. The number of hydrogen-bond acceptors (Lipinski definition) is 6. The second kappa shape index (κ2) is 11.4. The Morgan fingerprint density at radius 3 is 2.31 bits per heavy atom. The molecule has 0 radical (unpaired) electrons. The van der Waals surface area contributed by atoms with Crippen molar-refractivity contribution in [2.75, 3.05) is 45.6 Å². The van der Waals surface area contributed by atoms with Crippen molar-refractivity contribution in [2.24, 2.45) is 0 Å². The molecule has 3 heterocycles. The highest BCUT2D eigenvalue weighted by Gasteiger charge is 2.30. The zero-order chi connectivity index (χ0) is 25.9. The molecule has 4 rings (SSSR count). The maximum atomic E-state index is 13.1. The molecule has 10 heteroatoms. The van der Waals surface area contributed by atoms with E-state index in [1.807, 2.05) is 0 Å². The molecule has 0 unspecified atom stereocenters. The van der Waals surface area contributed by atoms with Crippen LogP contribution in [0.1, 0.15) is 70.2 Å². The number of fused-ring (bicyclic) bond motifs is 1. The lowest BCUT2D eigenvalue weighted by Gasteiger charge is -2.26. The Bertz CT molecular complexity index is 1200. The van der Waals surface area contributed by atoms with Crippen LogP contribution in [0.3, 0.4) is 0 Å². The standard InChI is InChI=1S/C26H36N4O4S2/c1-4-14-29-17-13-21-22(18-29)35-25(23(21)26(32)28(2)3)27-24(31)19-9-11-20(12-10-19)36(33,34)30-15-7-5-6-8-16-30/h9-12H,4-8,13-18H2,1-3H3,(H,27,31). The van der Waals surface area contributed by atoms with E-state index in [-0.39, 0.29) is 16.7 Å². The largest absolute Gasteiger partial charge is 0.345 e. The minimum Gasteiger partial charge on any atom is -0.345 e. The van der Waals surface area contributed by atoms with Crippen LogP contribution in [0.5, 0.6) is 0 Å². The number of thiophene rings is 1. The summed E-state index contributed by atoms with van der Waals surface area (Å²) in [5.74, 6) is -0.476. The number of nitrogens with one attached hydrogen (secondary N) is 1. The van der Waals surface area contributed by atoms with Gasteiger partial charge in [-0.05, 0) is 62.1 Å². The number of amides is 2. The molecule has 8 nitrogen and oxygen atoms in total. The topological polar surface area (TPSA) is 90.0 Å². The van der Waals surface area contributed by atoms with Crippen LogP contribution in [0.25, 0.3) is 0 Å². The molecule has 0 atom stereocenters. The van der Waals surface area contributed by atoms with E-state index in [4.69, 9.17) is 0 Å². The predicted octanol–water partition coefficient (Wildman–Crippen LogP) is 4.04. The average molecular weight is 533 g/mol. The Balaban J connectivity index is 1.55. The Kier molecular flexibility index (Phi) is 8.49. The minimum absolute atomic E-state index is 0.120. The van der Waals surface area contributed by atoms with Crippen LogP contribution in [-0.2, 0) is 23.0 Å². The summed E-state index contributed by atoms with van der Waals surface area (Å²) in [4.78, 5) is 31.4. The van der Waals surface area contributed by atoms with Crippen LogP contribution in [0.15, 0.2) is 29.2 Å². The summed E-state index contributed by atoms with van der Waals surface area (Å²) < 4.78 is 27.7. The van der Waals surface area contributed by atoms with Crippen molar-refractivity contribution in [2.45, 2.75) is 56.9 Å². The molecule has 0 saturated carbocycles. The molecule has 2 aliphatic rings. The van der Waals surface area contributed by atoms with E-state index < -0.39 is 10.0 Å². The Hall–Kier alpha value is -2.27. The summed E-state index contributed by atoms with van der Waals surface area (Å²) >= 11 is 1.46. The van der Waals surface area contributed by atoms with E-state index >= 15 is 0 Å². The van der Waals surface area contributed by atoms with E-state index in [9.17, 15) is 18.0 Å². The summed E-state index contributed by atoms with van der Waals surface area (Å²) in [5, 5.41) is 3.51. The Labute approximate surface area is 218 Å². The van der Waals surface area contributed by atoms with Crippen LogP contribution in [-0.4, -0.2) is 74.6 Å². The first-order valence-electron chi connectivity index (χ1n) is 12.7. The normalized spacial score (nSPS) is 17.3. The number of hydrogen-bond donors (Lipinski definition) is 1. The van der Waals surface area contributed by atoms with Gasteiger partial charge in [-0.3, -0.25) is 14.5 Å². The highest BCUT2D eigenvalue weighted by Crippen LogP contribution is 2.38. The molecular formula is C26H36N4O4S2. The first-order chi connectivity index (χ1) is 17.2. The summed E-state index contributed by atoms with van der Waals surface area (Å²) in [5.41, 5.74) is 1.96. The molecule has 0 aliphatic carbocycles. The molecule has 196 valence electrons. The third kappa shape index (κ3) is 5.66. The second-order valence-corrected chi connectivity index (χ2v) is 12.8. The summed E-state index contributed by atoms with van der Waals surface area (Å²) in [7, 11) is -0.146. The molecule has 0 spiro atoms. The van der Waals surface area contributed by atoms with Gasteiger partial charge in [0, 0.05) is 50.7 Å². The van der Waals surface area contributed by atoms with Crippen molar-refractivity contribution in [1.29, 1.82) is 0 Å². The van der Waals surface area contributed by atoms with Crippen molar-refractivity contribution in [3.63, 3.8) is 0 Å². The molecule has 1 saturated heterocycles. The fourth-order valence-electron chi connectivity index (χ4n) is 4.89. The molecule has 1 N–H and O–H groups in total. The van der Waals surface area contributed by atoms with E-state index in [2.05, 4.69) is 17.1 Å². The van der Waals surface area contributed by atoms with Crippen molar-refractivity contribution < 1.29 is 18.0 Å². The number of carbonyl (C=O) groups excluding carboxylic acids is 2. The van der Waals surface area contributed by atoms with E-state index in [0.717, 1.165) is 68.6 Å². The van der Waals surface area contributed by atoms with Gasteiger partial charge in [0.25, 0.3) is 11.8 Å². The van der Waals surface area contributed by atoms with Crippen molar-refractivity contribution in [1.82, 2.24) is 14.1 Å².